The summed E-state index contributed by atoms with van der Waals surface area (Å²) in [5.74, 6) is 2.54. The number of hydrogen-bond donors (Lipinski definition) is 3. The number of ether oxygens (including phenoxy) is 1. The van der Waals surface area contributed by atoms with Gasteiger partial charge in [-0.15, -0.1) is 5.10 Å². The van der Waals surface area contributed by atoms with Gasteiger partial charge in [-0.2, -0.15) is 0 Å². The summed E-state index contributed by atoms with van der Waals surface area (Å²) in [5, 5.41) is 13.4. The third-order valence-electron chi connectivity index (χ3n) is 2.80. The zero-order chi connectivity index (χ0) is 15.8. The number of furan rings is 1. The molecule has 1 atom stereocenters. The lowest BCUT2D eigenvalue weighted by molar-refractivity contribution is 0.179. The van der Waals surface area contributed by atoms with Gasteiger partial charge < -0.3 is 19.8 Å². The van der Waals surface area contributed by atoms with E-state index >= 15 is 0 Å². The molecule has 8 nitrogen and oxygen atoms in total. The maximum absolute atomic E-state index is 5.26. The third kappa shape index (κ3) is 4.59. The number of rotatable bonds is 7. The van der Waals surface area contributed by atoms with Gasteiger partial charge in [-0.05, 0) is 26.0 Å². The maximum Gasteiger partial charge on any atom is 0.216 e. The van der Waals surface area contributed by atoms with E-state index in [0.29, 0.717) is 36.5 Å². The summed E-state index contributed by atoms with van der Waals surface area (Å²) in [5.41, 5.74) is 0. The number of nitrogens with zero attached hydrogens (tertiary/aromatic N) is 3. The molecule has 0 aromatic carbocycles. The Labute approximate surface area is 129 Å². The van der Waals surface area contributed by atoms with Gasteiger partial charge in [0.25, 0.3) is 0 Å². The molecule has 0 aliphatic rings. The van der Waals surface area contributed by atoms with Crippen molar-refractivity contribution in [2.75, 3.05) is 20.3 Å². The molecular weight excluding hydrogens is 284 g/mol. The molecule has 0 spiro atoms. The minimum atomic E-state index is 0.163. The highest BCUT2D eigenvalue weighted by Crippen LogP contribution is 2.14. The first-order valence-electron chi connectivity index (χ1n) is 7.21. The van der Waals surface area contributed by atoms with Gasteiger partial charge in [0.05, 0.1) is 12.9 Å². The Morgan fingerprint density at radius 1 is 1.55 bits per heavy atom. The van der Waals surface area contributed by atoms with Gasteiger partial charge in [0.1, 0.15) is 12.4 Å². The van der Waals surface area contributed by atoms with Crippen LogP contribution in [0.4, 0.5) is 0 Å². The van der Waals surface area contributed by atoms with Crippen LogP contribution in [0.2, 0.25) is 0 Å². The molecule has 2 aromatic rings. The minimum Gasteiger partial charge on any atom is -0.461 e. The zero-order valence-corrected chi connectivity index (χ0v) is 13.1. The van der Waals surface area contributed by atoms with Crippen LogP contribution in [-0.2, 0) is 11.3 Å². The second kappa shape index (κ2) is 8.18. The van der Waals surface area contributed by atoms with Gasteiger partial charge in [0.15, 0.2) is 11.7 Å². The first-order chi connectivity index (χ1) is 10.7. The maximum atomic E-state index is 5.26. The number of guanidine groups is 1. The Kier molecular flexibility index (Phi) is 5.96. The Bertz CT molecular complexity index is 578. The Balaban J connectivity index is 1.98. The molecule has 0 saturated heterocycles. The number of H-pyrrole nitrogens is 1. The van der Waals surface area contributed by atoms with Crippen LogP contribution in [0.15, 0.2) is 27.8 Å². The van der Waals surface area contributed by atoms with Crippen molar-refractivity contribution >= 4 is 5.96 Å². The highest BCUT2D eigenvalue weighted by Gasteiger charge is 2.09. The third-order valence-corrected chi connectivity index (χ3v) is 2.80. The van der Waals surface area contributed by atoms with E-state index in [1.807, 2.05) is 19.9 Å². The van der Waals surface area contributed by atoms with Crippen LogP contribution in [-0.4, -0.2) is 47.4 Å². The van der Waals surface area contributed by atoms with Crippen LogP contribution in [0.5, 0.6) is 0 Å². The smallest absolute Gasteiger partial charge is 0.216 e. The van der Waals surface area contributed by atoms with E-state index in [0.717, 1.165) is 6.54 Å². The molecule has 1 unspecified atom stereocenters. The average molecular weight is 306 g/mol. The summed E-state index contributed by atoms with van der Waals surface area (Å²) in [6, 6.07) is 3.78. The monoisotopic (exact) mass is 306 g/mol. The SMILES string of the molecule is CCNC(=NCc1nc(-c2ccco2)n[nH]1)NC(C)COC. The van der Waals surface area contributed by atoms with Crippen LogP contribution < -0.4 is 10.6 Å². The van der Waals surface area contributed by atoms with Gasteiger partial charge in [-0.3, -0.25) is 5.10 Å². The van der Waals surface area contributed by atoms with Crippen molar-refractivity contribution in [1.82, 2.24) is 25.8 Å². The normalized spacial score (nSPS) is 13.1. The Morgan fingerprint density at radius 2 is 2.41 bits per heavy atom. The second-order valence-corrected chi connectivity index (χ2v) is 4.78. The van der Waals surface area contributed by atoms with Gasteiger partial charge in [0.2, 0.25) is 5.82 Å². The first kappa shape index (κ1) is 16.0. The molecule has 0 saturated carbocycles. The van der Waals surface area contributed by atoms with E-state index in [-0.39, 0.29) is 6.04 Å². The zero-order valence-electron chi connectivity index (χ0n) is 13.1. The highest BCUT2D eigenvalue weighted by molar-refractivity contribution is 5.80. The molecule has 0 amide bonds. The molecule has 0 aliphatic heterocycles. The summed E-state index contributed by atoms with van der Waals surface area (Å²) in [6.45, 7) is 5.82. The Morgan fingerprint density at radius 3 is 3.09 bits per heavy atom. The number of aliphatic imine (C=N–C) groups is 1. The van der Waals surface area contributed by atoms with E-state index in [4.69, 9.17) is 9.15 Å². The molecule has 0 fully saturated rings. The summed E-state index contributed by atoms with van der Waals surface area (Å²) >= 11 is 0. The fourth-order valence-electron chi connectivity index (χ4n) is 1.88. The lowest BCUT2D eigenvalue weighted by Gasteiger charge is -2.16. The van der Waals surface area contributed by atoms with Crippen molar-refractivity contribution in [1.29, 1.82) is 0 Å². The van der Waals surface area contributed by atoms with Gasteiger partial charge in [0, 0.05) is 19.7 Å². The van der Waals surface area contributed by atoms with Crippen LogP contribution in [0.3, 0.4) is 0 Å². The predicted molar refractivity (Wildman–Crippen MR) is 83.4 cm³/mol. The molecule has 2 rings (SSSR count). The largest absolute Gasteiger partial charge is 0.461 e. The number of hydrogen-bond acceptors (Lipinski definition) is 5. The lowest BCUT2D eigenvalue weighted by atomic mass is 10.4. The summed E-state index contributed by atoms with van der Waals surface area (Å²) in [4.78, 5) is 8.83. The lowest BCUT2D eigenvalue weighted by Crippen LogP contribution is -2.43. The van der Waals surface area contributed by atoms with Crippen molar-refractivity contribution in [2.24, 2.45) is 4.99 Å². The van der Waals surface area contributed by atoms with E-state index in [9.17, 15) is 0 Å². The molecule has 2 heterocycles. The van der Waals surface area contributed by atoms with E-state index in [1.54, 1.807) is 19.4 Å². The first-order valence-corrected chi connectivity index (χ1v) is 7.21. The van der Waals surface area contributed by atoms with Crippen LogP contribution in [0.1, 0.15) is 19.7 Å². The average Bonchev–Trinajstić information content (AvgIpc) is 3.16. The van der Waals surface area contributed by atoms with Crippen LogP contribution >= 0.6 is 0 Å². The van der Waals surface area contributed by atoms with Crippen LogP contribution in [0.25, 0.3) is 11.6 Å². The van der Waals surface area contributed by atoms with Gasteiger partial charge in [-0.25, -0.2) is 9.98 Å². The number of methoxy groups -OCH3 is 1. The molecule has 0 bridgehead atoms. The summed E-state index contributed by atoms with van der Waals surface area (Å²) in [7, 11) is 1.67. The molecule has 8 heteroatoms. The van der Waals surface area contributed by atoms with Crippen molar-refractivity contribution in [3.63, 3.8) is 0 Å². The van der Waals surface area contributed by atoms with E-state index < -0.39 is 0 Å². The molecule has 2 aromatic heterocycles. The minimum absolute atomic E-state index is 0.163. The van der Waals surface area contributed by atoms with Gasteiger partial charge in [-0.1, -0.05) is 0 Å². The van der Waals surface area contributed by atoms with Crippen LogP contribution in [0, 0.1) is 0 Å². The fourth-order valence-corrected chi connectivity index (χ4v) is 1.88. The van der Waals surface area contributed by atoms with Crippen molar-refractivity contribution in [3.05, 3.63) is 24.2 Å². The second-order valence-electron chi connectivity index (χ2n) is 4.78. The molecule has 3 N–H and O–H groups in total. The Hall–Kier alpha value is -2.35. The van der Waals surface area contributed by atoms with Crippen molar-refractivity contribution in [2.45, 2.75) is 26.4 Å². The quantitative estimate of drug-likeness (QED) is 0.524. The highest BCUT2D eigenvalue weighted by atomic mass is 16.5. The molecule has 0 radical (unpaired) electrons. The molecule has 22 heavy (non-hydrogen) atoms. The summed E-state index contributed by atoms with van der Waals surface area (Å²) < 4.78 is 10.4. The molecular formula is C14H22N6O2. The molecule has 0 aliphatic carbocycles. The standard InChI is InChI=1S/C14H22N6O2/c1-4-15-14(17-10(2)9-21-3)16-8-12-18-13(20-19-12)11-6-5-7-22-11/h5-7,10H,4,8-9H2,1-3H3,(H2,15,16,17)(H,18,19,20). The van der Waals surface area contributed by atoms with Crippen molar-refractivity contribution in [3.8, 4) is 11.6 Å². The van der Waals surface area contributed by atoms with E-state index in [2.05, 4.69) is 30.8 Å². The summed E-state index contributed by atoms with van der Waals surface area (Å²) in [6.07, 6.45) is 1.59. The topological polar surface area (TPSA) is 100 Å². The number of nitrogens with one attached hydrogen (secondary N) is 3. The van der Waals surface area contributed by atoms with Crippen molar-refractivity contribution < 1.29 is 9.15 Å². The van der Waals surface area contributed by atoms with E-state index in [1.165, 1.54) is 0 Å². The predicted octanol–water partition coefficient (Wildman–Crippen LogP) is 1.15. The fraction of sp³-hybridized carbons (Fsp3) is 0.500. The number of aromatic amines is 1. The number of aromatic nitrogens is 3. The van der Waals surface area contributed by atoms with Gasteiger partial charge >= 0.3 is 0 Å². The molecule has 120 valence electrons.